The molecule has 0 unspecified atom stereocenters. The maximum atomic E-state index is 13.0. The fraction of sp³-hybridized carbons (Fsp3) is 0.278. The highest BCUT2D eigenvalue weighted by Gasteiger charge is 2.39. The zero-order valence-electron chi connectivity index (χ0n) is 15.0. The van der Waals surface area contributed by atoms with E-state index in [-0.39, 0.29) is 29.5 Å². The van der Waals surface area contributed by atoms with Crippen molar-refractivity contribution in [1.29, 1.82) is 0 Å². The van der Waals surface area contributed by atoms with Crippen molar-refractivity contribution < 1.29 is 41.3 Å². The molecule has 0 atom stereocenters. The molecule has 0 heterocycles. The van der Waals surface area contributed by atoms with Crippen LogP contribution in [0.25, 0.3) is 0 Å². The van der Waals surface area contributed by atoms with Crippen LogP contribution in [0, 0.1) is 10.1 Å². The minimum absolute atomic E-state index is 0.0722. The molecule has 0 saturated heterocycles. The average molecular weight is 436 g/mol. The van der Waals surface area contributed by atoms with E-state index in [1.54, 1.807) is 0 Å². The third-order valence-electron chi connectivity index (χ3n) is 4.12. The van der Waals surface area contributed by atoms with Gasteiger partial charge >= 0.3 is 12.4 Å². The summed E-state index contributed by atoms with van der Waals surface area (Å²) < 4.78 is 77.8. The smallest absolute Gasteiger partial charge is 0.281 e. The van der Waals surface area contributed by atoms with E-state index in [1.807, 2.05) is 0 Å². The second kappa shape index (κ2) is 8.69. The Hall–Kier alpha value is -3.15. The number of aryl methyl sites for hydroxylation is 1. The molecule has 0 aliphatic rings. The highest BCUT2D eigenvalue weighted by molar-refractivity contribution is 5.91. The fourth-order valence-electron chi connectivity index (χ4n) is 2.74. The molecule has 0 aliphatic carbocycles. The number of nitrogens with zero attached hydrogens (tertiary/aromatic N) is 2. The molecule has 0 aliphatic heterocycles. The number of nitro benzene ring substituents is 1. The van der Waals surface area contributed by atoms with E-state index in [0.717, 1.165) is 12.1 Å². The third-order valence-corrected chi connectivity index (χ3v) is 4.12. The van der Waals surface area contributed by atoms with E-state index >= 15 is 0 Å². The molecule has 2 aromatic rings. The lowest BCUT2D eigenvalue weighted by molar-refractivity contribution is -0.388. The Kier molecular flexibility index (Phi) is 6.70. The Morgan fingerprint density at radius 2 is 1.60 bits per heavy atom. The van der Waals surface area contributed by atoms with Crippen LogP contribution in [-0.2, 0) is 23.6 Å². The summed E-state index contributed by atoms with van der Waals surface area (Å²) in [6.07, 6.45) is -10.5. The molecule has 0 saturated carbocycles. The van der Waals surface area contributed by atoms with Gasteiger partial charge in [0.2, 0.25) is 0 Å². The van der Waals surface area contributed by atoms with Gasteiger partial charge in [-0.1, -0.05) is 18.2 Å². The normalized spacial score (nSPS) is 12.0. The predicted molar refractivity (Wildman–Crippen MR) is 91.8 cm³/mol. The Bertz CT molecular complexity index is 943. The predicted octanol–water partition coefficient (Wildman–Crippen LogP) is 5.38. The van der Waals surface area contributed by atoms with Crippen molar-refractivity contribution in [1.82, 2.24) is 0 Å². The highest BCUT2D eigenvalue weighted by atomic mass is 19.4. The summed E-state index contributed by atoms with van der Waals surface area (Å²) in [4.78, 5) is 21.5. The number of hydrogen-bond acceptors (Lipinski definition) is 4. The fourth-order valence-corrected chi connectivity index (χ4v) is 2.74. The summed E-state index contributed by atoms with van der Waals surface area (Å²) >= 11 is 0. The number of hydrogen-bond donors (Lipinski definition) is 1. The summed E-state index contributed by atoms with van der Waals surface area (Å²) in [5.74, 6) is -1.08. The Morgan fingerprint density at radius 1 is 1.00 bits per heavy atom. The summed E-state index contributed by atoms with van der Waals surface area (Å²) in [5, 5.41) is 20.5. The number of hydroxylamine groups is 1. The van der Waals surface area contributed by atoms with Crippen LogP contribution in [-0.4, -0.2) is 16.0 Å². The maximum absolute atomic E-state index is 13.0. The van der Waals surface area contributed by atoms with Gasteiger partial charge in [0.15, 0.2) is 0 Å². The number of nitro groups is 1. The average Bonchev–Trinajstić information content (AvgIpc) is 2.65. The third kappa shape index (κ3) is 5.47. The molecule has 12 heteroatoms. The Balaban J connectivity index is 2.12. The molecule has 1 N–H and O–H groups in total. The lowest BCUT2D eigenvalue weighted by atomic mass is 10.0. The zero-order chi connectivity index (χ0) is 22.7. The van der Waals surface area contributed by atoms with Crippen molar-refractivity contribution in [2.75, 3.05) is 5.06 Å². The number of anilines is 1. The van der Waals surface area contributed by atoms with Gasteiger partial charge in [-0.25, -0.2) is 0 Å². The summed E-state index contributed by atoms with van der Waals surface area (Å²) in [7, 11) is 0. The van der Waals surface area contributed by atoms with Crippen LogP contribution < -0.4 is 5.06 Å². The standard InChI is InChI=1S/C18H14F6N2O4/c19-17(20,21)13-6-2-1-4-11(13)5-3-7-16(27)25(28)12-8-9-15(26(29)30)14(10-12)18(22,23)24/h1-2,4,6,8-10,28H,3,5,7H2. The van der Waals surface area contributed by atoms with Crippen LogP contribution in [0.2, 0.25) is 0 Å². The molecular weight excluding hydrogens is 422 g/mol. The molecule has 2 rings (SSSR count). The van der Waals surface area contributed by atoms with Crippen LogP contribution in [0.1, 0.15) is 29.5 Å². The summed E-state index contributed by atoms with van der Waals surface area (Å²) in [5.41, 5.74) is -4.51. The molecular formula is C18H14F6N2O4. The van der Waals surface area contributed by atoms with E-state index < -0.39 is 52.1 Å². The van der Waals surface area contributed by atoms with Crippen LogP contribution in [0.5, 0.6) is 0 Å². The first-order chi connectivity index (χ1) is 13.8. The number of carbonyl (C=O) groups is 1. The van der Waals surface area contributed by atoms with E-state index in [2.05, 4.69) is 0 Å². The number of benzene rings is 2. The van der Waals surface area contributed by atoms with Crippen LogP contribution in [0.4, 0.5) is 37.7 Å². The second-order valence-corrected chi connectivity index (χ2v) is 6.17. The molecule has 162 valence electrons. The van der Waals surface area contributed by atoms with Gasteiger partial charge in [-0.05, 0) is 36.6 Å². The number of halogens is 6. The van der Waals surface area contributed by atoms with Gasteiger partial charge in [0.05, 0.1) is 16.2 Å². The molecule has 2 aromatic carbocycles. The van der Waals surface area contributed by atoms with E-state index in [0.29, 0.717) is 6.07 Å². The minimum Gasteiger partial charge on any atom is -0.281 e. The largest absolute Gasteiger partial charge is 0.423 e. The van der Waals surface area contributed by atoms with Gasteiger partial charge in [-0.3, -0.25) is 20.1 Å². The number of rotatable bonds is 6. The van der Waals surface area contributed by atoms with E-state index in [9.17, 15) is 46.5 Å². The number of amides is 1. The zero-order valence-corrected chi connectivity index (χ0v) is 15.0. The van der Waals surface area contributed by atoms with Crippen molar-refractivity contribution in [2.45, 2.75) is 31.6 Å². The maximum Gasteiger partial charge on any atom is 0.423 e. The van der Waals surface area contributed by atoms with E-state index in [1.165, 1.54) is 18.2 Å². The molecule has 6 nitrogen and oxygen atoms in total. The van der Waals surface area contributed by atoms with Crippen molar-refractivity contribution in [3.05, 3.63) is 69.3 Å². The van der Waals surface area contributed by atoms with Crippen molar-refractivity contribution >= 4 is 17.3 Å². The molecule has 1 amide bonds. The molecule has 0 aromatic heterocycles. The van der Waals surface area contributed by atoms with Crippen LogP contribution in [0.3, 0.4) is 0 Å². The molecule has 0 bridgehead atoms. The molecule has 0 fully saturated rings. The van der Waals surface area contributed by atoms with Crippen molar-refractivity contribution in [2.24, 2.45) is 0 Å². The minimum atomic E-state index is -5.11. The monoisotopic (exact) mass is 436 g/mol. The first-order valence-corrected chi connectivity index (χ1v) is 8.35. The van der Waals surface area contributed by atoms with Crippen molar-refractivity contribution in [3.63, 3.8) is 0 Å². The Labute approximate surface area is 165 Å². The SMILES string of the molecule is O=C(CCCc1ccccc1C(F)(F)F)N(O)c1ccc([N+](=O)[O-])c(C(F)(F)F)c1. The highest BCUT2D eigenvalue weighted by Crippen LogP contribution is 2.38. The quantitative estimate of drug-likeness (QED) is 0.285. The summed E-state index contributed by atoms with van der Waals surface area (Å²) in [6, 6.07) is 6.20. The first-order valence-electron chi connectivity index (χ1n) is 8.35. The molecule has 30 heavy (non-hydrogen) atoms. The van der Waals surface area contributed by atoms with Gasteiger partial charge in [0.1, 0.15) is 5.56 Å². The summed E-state index contributed by atoms with van der Waals surface area (Å²) in [6.45, 7) is 0. The second-order valence-electron chi connectivity index (χ2n) is 6.17. The van der Waals surface area contributed by atoms with Crippen LogP contribution >= 0.6 is 0 Å². The van der Waals surface area contributed by atoms with Crippen LogP contribution in [0.15, 0.2) is 42.5 Å². The van der Waals surface area contributed by atoms with Gasteiger partial charge in [-0.15, -0.1) is 0 Å². The van der Waals surface area contributed by atoms with Gasteiger partial charge in [0.25, 0.3) is 11.6 Å². The lowest BCUT2D eigenvalue weighted by Crippen LogP contribution is -2.27. The van der Waals surface area contributed by atoms with Gasteiger partial charge < -0.3 is 0 Å². The number of alkyl halides is 6. The van der Waals surface area contributed by atoms with Gasteiger partial charge in [0, 0.05) is 12.5 Å². The first kappa shape index (κ1) is 23.1. The molecule has 0 radical (unpaired) electrons. The topological polar surface area (TPSA) is 83.7 Å². The van der Waals surface area contributed by atoms with Crippen molar-refractivity contribution in [3.8, 4) is 0 Å². The lowest BCUT2D eigenvalue weighted by Gasteiger charge is -2.17. The Morgan fingerprint density at radius 3 is 2.17 bits per heavy atom. The van der Waals surface area contributed by atoms with E-state index in [4.69, 9.17) is 0 Å². The van der Waals surface area contributed by atoms with Gasteiger partial charge in [-0.2, -0.15) is 31.4 Å². The number of carbonyl (C=O) groups excluding carboxylic acids is 1. The molecule has 0 spiro atoms.